The molecule has 1 atom stereocenters. The summed E-state index contributed by atoms with van der Waals surface area (Å²) in [6.07, 6.45) is 0.195. The Kier molecular flexibility index (Phi) is 4.55. The van der Waals surface area contributed by atoms with E-state index in [-0.39, 0.29) is 29.2 Å². The minimum atomic E-state index is -0.521. The van der Waals surface area contributed by atoms with Crippen LogP contribution >= 0.6 is 11.6 Å². The Morgan fingerprint density at radius 2 is 1.96 bits per heavy atom. The van der Waals surface area contributed by atoms with Gasteiger partial charge in [-0.25, -0.2) is 4.39 Å². The average molecular weight is 340 g/mol. The quantitative estimate of drug-likeness (QED) is 0.822. The summed E-state index contributed by atoms with van der Waals surface area (Å²) in [7, 11) is 2.03. The van der Waals surface area contributed by atoms with Crippen molar-refractivity contribution in [2.75, 3.05) is 44.7 Å². The van der Waals surface area contributed by atoms with E-state index in [0.717, 1.165) is 13.1 Å². The van der Waals surface area contributed by atoms with E-state index in [2.05, 4.69) is 4.90 Å². The monoisotopic (exact) mass is 339 g/mol. The normalized spacial score (nSPS) is 22.7. The number of amides is 2. The number of carbonyl (C=O) groups excluding carboxylic acids is 2. The van der Waals surface area contributed by atoms with Crippen LogP contribution in [0.1, 0.15) is 6.42 Å². The van der Waals surface area contributed by atoms with Crippen molar-refractivity contribution < 1.29 is 14.0 Å². The molecule has 1 aromatic rings. The fourth-order valence-corrected chi connectivity index (χ4v) is 3.24. The highest BCUT2D eigenvalue weighted by Gasteiger charge is 2.37. The molecule has 3 rings (SSSR count). The molecule has 0 radical (unpaired) electrons. The highest BCUT2D eigenvalue weighted by molar-refractivity contribution is 6.31. The van der Waals surface area contributed by atoms with Crippen LogP contribution in [0.3, 0.4) is 0 Å². The summed E-state index contributed by atoms with van der Waals surface area (Å²) in [5.74, 6) is -0.954. The lowest BCUT2D eigenvalue weighted by Crippen LogP contribution is -2.49. The Bertz CT molecular complexity index is 632. The van der Waals surface area contributed by atoms with Gasteiger partial charge in [0.25, 0.3) is 0 Å². The van der Waals surface area contributed by atoms with Crippen molar-refractivity contribution in [2.45, 2.75) is 6.42 Å². The Labute approximate surface area is 139 Å². The fourth-order valence-electron chi connectivity index (χ4n) is 3.06. The van der Waals surface area contributed by atoms with Gasteiger partial charge in [0.15, 0.2) is 0 Å². The minimum Gasteiger partial charge on any atom is -0.340 e. The predicted octanol–water partition coefficient (Wildman–Crippen LogP) is 1.61. The summed E-state index contributed by atoms with van der Waals surface area (Å²) in [4.78, 5) is 30.4. The number of benzene rings is 1. The van der Waals surface area contributed by atoms with Crippen molar-refractivity contribution in [3.63, 3.8) is 0 Å². The Morgan fingerprint density at radius 3 is 2.61 bits per heavy atom. The van der Waals surface area contributed by atoms with E-state index in [1.807, 2.05) is 11.9 Å². The number of piperazine rings is 1. The number of nitrogens with zero attached hydrogens (tertiary/aromatic N) is 3. The van der Waals surface area contributed by atoms with Gasteiger partial charge < -0.3 is 14.7 Å². The third kappa shape index (κ3) is 3.33. The lowest BCUT2D eigenvalue weighted by molar-refractivity contribution is -0.137. The van der Waals surface area contributed by atoms with E-state index >= 15 is 0 Å². The number of hydrogen-bond donors (Lipinski definition) is 0. The molecule has 5 nitrogen and oxygen atoms in total. The second kappa shape index (κ2) is 6.45. The molecule has 0 spiro atoms. The van der Waals surface area contributed by atoms with Crippen LogP contribution in [0.4, 0.5) is 10.1 Å². The molecular weight excluding hydrogens is 321 g/mol. The van der Waals surface area contributed by atoms with Gasteiger partial charge in [-0.2, -0.15) is 0 Å². The number of hydrogen-bond acceptors (Lipinski definition) is 3. The number of halogens is 2. The van der Waals surface area contributed by atoms with Gasteiger partial charge in [0.05, 0.1) is 10.9 Å². The van der Waals surface area contributed by atoms with Gasteiger partial charge in [0, 0.05) is 44.8 Å². The molecule has 2 amide bonds. The van der Waals surface area contributed by atoms with E-state index in [4.69, 9.17) is 11.6 Å². The van der Waals surface area contributed by atoms with Crippen molar-refractivity contribution in [3.8, 4) is 0 Å². The Balaban J connectivity index is 1.69. The molecule has 0 unspecified atom stereocenters. The van der Waals surface area contributed by atoms with Gasteiger partial charge in [0.1, 0.15) is 5.82 Å². The molecule has 2 aliphatic rings. The van der Waals surface area contributed by atoms with Gasteiger partial charge in [-0.3, -0.25) is 9.59 Å². The Morgan fingerprint density at radius 1 is 1.26 bits per heavy atom. The molecule has 2 aliphatic heterocycles. The molecule has 0 saturated carbocycles. The van der Waals surface area contributed by atoms with Crippen molar-refractivity contribution in [1.82, 2.24) is 9.80 Å². The molecule has 7 heteroatoms. The van der Waals surface area contributed by atoms with Crippen LogP contribution in [-0.2, 0) is 9.59 Å². The highest BCUT2D eigenvalue weighted by atomic mass is 35.5. The zero-order valence-corrected chi connectivity index (χ0v) is 13.7. The first-order valence-electron chi connectivity index (χ1n) is 7.68. The van der Waals surface area contributed by atoms with E-state index in [9.17, 15) is 14.0 Å². The number of likely N-dealkylation sites (N-methyl/N-ethyl adjacent to an activating group) is 1. The molecule has 23 heavy (non-hydrogen) atoms. The number of anilines is 1. The van der Waals surface area contributed by atoms with Gasteiger partial charge in [-0.1, -0.05) is 11.6 Å². The molecule has 1 aromatic carbocycles. The largest absolute Gasteiger partial charge is 0.340 e. The average Bonchev–Trinajstić information content (AvgIpc) is 2.92. The molecule has 2 saturated heterocycles. The first-order chi connectivity index (χ1) is 11.0. The van der Waals surface area contributed by atoms with Crippen molar-refractivity contribution >= 4 is 29.1 Å². The molecule has 0 bridgehead atoms. The van der Waals surface area contributed by atoms with E-state index in [0.29, 0.717) is 25.3 Å². The summed E-state index contributed by atoms with van der Waals surface area (Å²) in [6.45, 7) is 3.42. The summed E-state index contributed by atoms with van der Waals surface area (Å²) < 4.78 is 13.3. The maximum absolute atomic E-state index is 13.3. The minimum absolute atomic E-state index is 0.0239. The van der Waals surface area contributed by atoms with Gasteiger partial charge in [-0.05, 0) is 25.2 Å². The van der Waals surface area contributed by atoms with Crippen LogP contribution < -0.4 is 4.90 Å². The standard InChI is InChI=1S/C16H19ClFN3O2/c1-19-4-6-20(7-5-19)16(23)11-8-15(22)21(10-11)12-2-3-14(18)13(17)9-12/h2-3,9,11H,4-8,10H2,1H3/t11-/m1/s1. The van der Waals surface area contributed by atoms with Crippen LogP contribution in [0.25, 0.3) is 0 Å². The molecule has 2 heterocycles. The lowest BCUT2D eigenvalue weighted by Gasteiger charge is -2.33. The SMILES string of the molecule is CN1CCN(C(=O)[C@@H]2CC(=O)N(c3ccc(F)c(Cl)c3)C2)CC1. The van der Waals surface area contributed by atoms with Crippen LogP contribution in [0, 0.1) is 11.7 Å². The molecule has 124 valence electrons. The number of rotatable bonds is 2. The third-order valence-corrected chi connectivity index (χ3v) is 4.79. The second-order valence-corrected chi connectivity index (χ2v) is 6.54. The van der Waals surface area contributed by atoms with Crippen LogP contribution in [0.2, 0.25) is 5.02 Å². The van der Waals surface area contributed by atoms with Crippen LogP contribution in [0.5, 0.6) is 0 Å². The van der Waals surface area contributed by atoms with E-state index < -0.39 is 5.82 Å². The van der Waals surface area contributed by atoms with E-state index in [1.165, 1.54) is 23.1 Å². The zero-order chi connectivity index (χ0) is 16.6. The zero-order valence-electron chi connectivity index (χ0n) is 13.0. The van der Waals surface area contributed by atoms with E-state index in [1.54, 1.807) is 0 Å². The first kappa shape index (κ1) is 16.2. The molecule has 0 N–H and O–H groups in total. The Hall–Kier alpha value is -1.66. The predicted molar refractivity (Wildman–Crippen MR) is 85.9 cm³/mol. The first-order valence-corrected chi connectivity index (χ1v) is 8.06. The van der Waals surface area contributed by atoms with Crippen LogP contribution in [-0.4, -0.2) is 61.4 Å². The maximum Gasteiger partial charge on any atom is 0.228 e. The topological polar surface area (TPSA) is 43.9 Å². The fraction of sp³-hybridized carbons (Fsp3) is 0.500. The lowest BCUT2D eigenvalue weighted by atomic mass is 10.1. The van der Waals surface area contributed by atoms with Gasteiger partial charge in [0.2, 0.25) is 11.8 Å². The highest BCUT2D eigenvalue weighted by Crippen LogP contribution is 2.29. The molecular formula is C16H19ClFN3O2. The smallest absolute Gasteiger partial charge is 0.228 e. The summed E-state index contributed by atoms with van der Waals surface area (Å²) in [6, 6.07) is 4.18. The summed E-state index contributed by atoms with van der Waals surface area (Å²) in [5, 5.41) is -0.0239. The second-order valence-electron chi connectivity index (χ2n) is 6.13. The van der Waals surface area contributed by atoms with Crippen LogP contribution in [0.15, 0.2) is 18.2 Å². The van der Waals surface area contributed by atoms with Gasteiger partial charge in [-0.15, -0.1) is 0 Å². The summed E-state index contributed by atoms with van der Waals surface area (Å²) in [5.41, 5.74) is 0.537. The summed E-state index contributed by atoms with van der Waals surface area (Å²) >= 11 is 5.78. The molecule has 0 aromatic heterocycles. The third-order valence-electron chi connectivity index (χ3n) is 4.50. The maximum atomic E-state index is 13.3. The van der Waals surface area contributed by atoms with Crippen molar-refractivity contribution in [3.05, 3.63) is 29.0 Å². The number of carbonyl (C=O) groups is 2. The molecule has 0 aliphatic carbocycles. The van der Waals surface area contributed by atoms with Gasteiger partial charge >= 0.3 is 0 Å². The molecule has 2 fully saturated rings. The van der Waals surface area contributed by atoms with Crippen molar-refractivity contribution in [2.24, 2.45) is 5.92 Å². The van der Waals surface area contributed by atoms with Crippen molar-refractivity contribution in [1.29, 1.82) is 0 Å².